The van der Waals surface area contributed by atoms with Crippen LogP contribution >= 0.6 is 11.3 Å². The molecule has 2 heterocycles. The Morgan fingerprint density at radius 3 is 2.94 bits per heavy atom. The lowest BCUT2D eigenvalue weighted by Crippen LogP contribution is -2.27. The molecule has 0 spiro atoms. The molecule has 0 unspecified atom stereocenters. The molecule has 1 aliphatic carbocycles. The number of anilines is 2. The van der Waals surface area contributed by atoms with Crippen LogP contribution in [0.15, 0.2) is 6.07 Å². The molecule has 0 bridgehead atoms. The number of nitrogen functional groups attached to an aromatic ring is 1. The number of aromatic nitrogens is 2. The molecule has 2 aromatic rings. The highest BCUT2D eigenvalue weighted by molar-refractivity contribution is 7.18. The second-order valence-electron chi connectivity index (χ2n) is 4.49. The average molecular weight is 248 g/mol. The largest absolute Gasteiger partial charge is 0.368 e. The summed E-state index contributed by atoms with van der Waals surface area (Å²) in [5, 5.41) is 4.59. The molecule has 17 heavy (non-hydrogen) atoms. The molecule has 3 rings (SSSR count). The van der Waals surface area contributed by atoms with Crippen LogP contribution < -0.4 is 11.1 Å². The molecular weight excluding hydrogens is 232 g/mol. The zero-order valence-electron chi connectivity index (χ0n) is 9.86. The number of thiophene rings is 1. The third kappa shape index (κ3) is 1.95. The number of hydrogen-bond donors (Lipinski definition) is 2. The molecule has 0 atom stereocenters. The van der Waals surface area contributed by atoms with Crippen LogP contribution in [0.3, 0.4) is 0 Å². The fraction of sp³-hybridized carbons (Fsp3) is 0.500. The van der Waals surface area contributed by atoms with Gasteiger partial charge in [-0.25, -0.2) is 4.98 Å². The maximum atomic E-state index is 5.76. The van der Waals surface area contributed by atoms with Gasteiger partial charge in [0, 0.05) is 10.9 Å². The van der Waals surface area contributed by atoms with Gasteiger partial charge in [0.25, 0.3) is 0 Å². The Morgan fingerprint density at radius 1 is 1.47 bits per heavy atom. The second-order valence-corrected chi connectivity index (χ2v) is 5.60. The summed E-state index contributed by atoms with van der Waals surface area (Å²) in [5.74, 6) is 1.27. The van der Waals surface area contributed by atoms with Crippen molar-refractivity contribution in [2.75, 3.05) is 11.1 Å². The second kappa shape index (κ2) is 4.14. The smallest absolute Gasteiger partial charge is 0.223 e. The van der Waals surface area contributed by atoms with E-state index in [1.807, 2.05) is 0 Å². The minimum atomic E-state index is 0.365. The van der Waals surface area contributed by atoms with Crippen LogP contribution in [0.4, 0.5) is 11.8 Å². The highest BCUT2D eigenvalue weighted by atomic mass is 32.1. The first-order valence-electron chi connectivity index (χ1n) is 6.08. The summed E-state index contributed by atoms with van der Waals surface area (Å²) in [7, 11) is 0. The Morgan fingerprint density at radius 2 is 2.29 bits per heavy atom. The molecule has 2 aromatic heterocycles. The van der Waals surface area contributed by atoms with E-state index in [9.17, 15) is 0 Å². The summed E-state index contributed by atoms with van der Waals surface area (Å²) in [6, 6.07) is 2.75. The number of nitrogens with zero attached hydrogens (tertiary/aromatic N) is 2. The van der Waals surface area contributed by atoms with Crippen LogP contribution in [0.5, 0.6) is 0 Å². The number of nitrogens with two attached hydrogens (primary N) is 1. The topological polar surface area (TPSA) is 63.8 Å². The van der Waals surface area contributed by atoms with Crippen LogP contribution in [-0.4, -0.2) is 16.0 Å². The zero-order valence-corrected chi connectivity index (χ0v) is 10.7. The van der Waals surface area contributed by atoms with Crippen molar-refractivity contribution in [3.05, 3.63) is 10.9 Å². The Balaban J connectivity index is 2.04. The fourth-order valence-corrected chi connectivity index (χ4v) is 2.99. The maximum Gasteiger partial charge on any atom is 0.223 e. The standard InChI is InChI=1S/C12H16N4S/c1-2-8-6-9-10(14-7-4-3-5-7)15-12(13)16-11(9)17-8/h6-7H,2-5H2,1H3,(H3,13,14,15,16). The molecule has 0 amide bonds. The molecule has 0 saturated heterocycles. The first kappa shape index (κ1) is 10.8. The van der Waals surface area contributed by atoms with E-state index in [4.69, 9.17) is 5.73 Å². The molecule has 90 valence electrons. The highest BCUT2D eigenvalue weighted by Crippen LogP contribution is 2.32. The van der Waals surface area contributed by atoms with Crippen molar-refractivity contribution < 1.29 is 0 Å². The number of rotatable bonds is 3. The van der Waals surface area contributed by atoms with Crippen molar-refractivity contribution in [3.8, 4) is 0 Å². The average Bonchev–Trinajstić information content (AvgIpc) is 2.65. The number of nitrogens with one attached hydrogen (secondary N) is 1. The Labute approximate surface area is 104 Å². The van der Waals surface area contributed by atoms with Crippen LogP contribution in [0, 0.1) is 0 Å². The van der Waals surface area contributed by atoms with Crippen LogP contribution in [0.25, 0.3) is 10.2 Å². The molecule has 1 fully saturated rings. The molecular formula is C12H16N4S. The third-order valence-corrected chi connectivity index (χ3v) is 4.43. The lowest BCUT2D eigenvalue weighted by Gasteiger charge is -2.27. The Bertz CT molecular complexity index is 545. The van der Waals surface area contributed by atoms with Crippen molar-refractivity contribution in [2.24, 2.45) is 0 Å². The van der Waals surface area contributed by atoms with Gasteiger partial charge in [0.1, 0.15) is 10.6 Å². The molecule has 3 N–H and O–H groups in total. The molecule has 0 radical (unpaired) electrons. The third-order valence-electron chi connectivity index (χ3n) is 3.26. The predicted molar refractivity (Wildman–Crippen MR) is 72.5 cm³/mol. The summed E-state index contributed by atoms with van der Waals surface area (Å²) in [6.07, 6.45) is 4.81. The lowest BCUT2D eigenvalue weighted by atomic mass is 9.93. The van der Waals surface area contributed by atoms with Gasteiger partial charge in [-0.2, -0.15) is 4.98 Å². The minimum absolute atomic E-state index is 0.365. The van der Waals surface area contributed by atoms with E-state index in [1.165, 1.54) is 24.1 Å². The zero-order chi connectivity index (χ0) is 11.8. The molecule has 1 aliphatic rings. The monoisotopic (exact) mass is 248 g/mol. The highest BCUT2D eigenvalue weighted by Gasteiger charge is 2.19. The number of fused-ring (bicyclic) bond motifs is 1. The molecule has 1 saturated carbocycles. The van der Waals surface area contributed by atoms with Gasteiger partial charge < -0.3 is 11.1 Å². The predicted octanol–water partition coefficient (Wildman–Crippen LogP) is 2.80. The van der Waals surface area contributed by atoms with Gasteiger partial charge in [-0.3, -0.25) is 0 Å². The fourth-order valence-electron chi connectivity index (χ4n) is 2.02. The first-order valence-corrected chi connectivity index (χ1v) is 6.90. The van der Waals surface area contributed by atoms with Gasteiger partial charge in [0.15, 0.2) is 0 Å². The van der Waals surface area contributed by atoms with E-state index in [1.54, 1.807) is 11.3 Å². The van der Waals surface area contributed by atoms with Crippen molar-refractivity contribution in [3.63, 3.8) is 0 Å². The summed E-state index contributed by atoms with van der Waals surface area (Å²) in [4.78, 5) is 11.0. The van der Waals surface area contributed by atoms with E-state index in [2.05, 4.69) is 28.3 Å². The van der Waals surface area contributed by atoms with E-state index in [-0.39, 0.29) is 0 Å². The van der Waals surface area contributed by atoms with Crippen LogP contribution in [0.2, 0.25) is 0 Å². The maximum absolute atomic E-state index is 5.76. The SMILES string of the molecule is CCc1cc2c(NC3CCC3)nc(N)nc2s1. The minimum Gasteiger partial charge on any atom is -0.368 e. The van der Waals surface area contributed by atoms with Crippen molar-refractivity contribution in [1.29, 1.82) is 0 Å². The molecule has 5 heteroatoms. The van der Waals surface area contributed by atoms with E-state index in [0.717, 1.165) is 22.5 Å². The van der Waals surface area contributed by atoms with E-state index >= 15 is 0 Å². The van der Waals surface area contributed by atoms with Crippen LogP contribution in [-0.2, 0) is 6.42 Å². The van der Waals surface area contributed by atoms with E-state index in [0.29, 0.717) is 12.0 Å². The first-order chi connectivity index (χ1) is 8.26. The summed E-state index contributed by atoms with van der Waals surface area (Å²) >= 11 is 1.71. The van der Waals surface area contributed by atoms with Crippen LogP contribution in [0.1, 0.15) is 31.1 Å². The Hall–Kier alpha value is -1.36. The van der Waals surface area contributed by atoms with Gasteiger partial charge in [0.05, 0.1) is 5.39 Å². The lowest BCUT2D eigenvalue weighted by molar-refractivity contribution is 0.445. The van der Waals surface area contributed by atoms with Gasteiger partial charge >= 0.3 is 0 Å². The molecule has 0 aromatic carbocycles. The number of hydrogen-bond acceptors (Lipinski definition) is 5. The molecule has 4 nitrogen and oxygen atoms in total. The van der Waals surface area contributed by atoms with Crippen molar-refractivity contribution in [2.45, 2.75) is 38.6 Å². The quantitative estimate of drug-likeness (QED) is 0.876. The van der Waals surface area contributed by atoms with Gasteiger partial charge in [-0.15, -0.1) is 11.3 Å². The van der Waals surface area contributed by atoms with Crippen molar-refractivity contribution in [1.82, 2.24) is 9.97 Å². The van der Waals surface area contributed by atoms with Gasteiger partial charge in [0.2, 0.25) is 5.95 Å². The summed E-state index contributed by atoms with van der Waals surface area (Å²) in [5.41, 5.74) is 5.76. The van der Waals surface area contributed by atoms with Gasteiger partial charge in [-0.05, 0) is 31.7 Å². The summed E-state index contributed by atoms with van der Waals surface area (Å²) in [6.45, 7) is 2.15. The normalized spacial score (nSPS) is 16.1. The molecule has 0 aliphatic heterocycles. The van der Waals surface area contributed by atoms with E-state index < -0.39 is 0 Å². The Kier molecular flexibility index (Phi) is 2.63. The van der Waals surface area contributed by atoms with Crippen molar-refractivity contribution >= 4 is 33.3 Å². The van der Waals surface area contributed by atoms with Gasteiger partial charge in [-0.1, -0.05) is 6.92 Å². The number of aryl methyl sites for hydroxylation is 1. The summed E-state index contributed by atoms with van der Waals surface area (Å²) < 4.78 is 0.